The van der Waals surface area contributed by atoms with Crippen molar-refractivity contribution >= 4 is 29.2 Å². The van der Waals surface area contributed by atoms with Crippen molar-refractivity contribution in [3.8, 4) is 5.69 Å². The van der Waals surface area contributed by atoms with Crippen LogP contribution < -0.4 is 0 Å². The minimum absolute atomic E-state index is 0.0607. The largest absolute Gasteiger partial charge is 0.478 e. The van der Waals surface area contributed by atoms with Crippen LogP contribution in [0.3, 0.4) is 0 Å². The van der Waals surface area contributed by atoms with Crippen molar-refractivity contribution in [2.24, 2.45) is 0 Å². The highest BCUT2D eigenvalue weighted by Gasteiger charge is 2.28. The van der Waals surface area contributed by atoms with Crippen molar-refractivity contribution in [1.82, 2.24) is 9.78 Å². The van der Waals surface area contributed by atoms with E-state index in [9.17, 15) is 9.90 Å². The fourth-order valence-corrected chi connectivity index (χ4v) is 3.77. The van der Waals surface area contributed by atoms with Gasteiger partial charge in [-0.2, -0.15) is 5.10 Å². The molecule has 0 amide bonds. The van der Waals surface area contributed by atoms with Gasteiger partial charge in [-0.3, -0.25) is 0 Å². The van der Waals surface area contributed by atoms with Crippen LogP contribution in [-0.2, 0) is 6.42 Å². The number of carboxylic acid groups (broad SMARTS) is 1. The molecule has 2 aromatic carbocycles. The maximum Gasteiger partial charge on any atom is 0.339 e. The summed E-state index contributed by atoms with van der Waals surface area (Å²) in [7, 11) is 0. The van der Waals surface area contributed by atoms with Crippen molar-refractivity contribution in [3.05, 3.63) is 81.1 Å². The molecule has 6 heteroatoms. The van der Waals surface area contributed by atoms with Crippen molar-refractivity contribution in [2.45, 2.75) is 39.0 Å². The third-order valence-corrected chi connectivity index (χ3v) is 5.31. The van der Waals surface area contributed by atoms with Crippen LogP contribution in [0.4, 0.5) is 0 Å². The molecule has 146 valence electrons. The van der Waals surface area contributed by atoms with Gasteiger partial charge in [0.15, 0.2) is 0 Å². The van der Waals surface area contributed by atoms with Crippen LogP contribution in [0, 0.1) is 0 Å². The molecule has 0 fully saturated rings. The molecular weight excluding hydrogens is 395 g/mol. The lowest BCUT2D eigenvalue weighted by Crippen LogP contribution is -2.09. The molecule has 0 bridgehead atoms. The number of carbonyl (C=O) groups is 1. The van der Waals surface area contributed by atoms with Crippen molar-refractivity contribution in [3.63, 3.8) is 0 Å². The molecular formula is C22H22Cl2N2O2. The molecule has 1 aromatic heterocycles. The molecule has 0 aliphatic carbocycles. The van der Waals surface area contributed by atoms with E-state index >= 15 is 0 Å². The zero-order valence-corrected chi connectivity index (χ0v) is 17.5. The fraction of sp³-hybridized carbons (Fsp3) is 0.273. The van der Waals surface area contributed by atoms with Crippen molar-refractivity contribution in [2.75, 3.05) is 0 Å². The average molecular weight is 417 g/mol. The summed E-state index contributed by atoms with van der Waals surface area (Å²) in [6.45, 7) is 5.97. The summed E-state index contributed by atoms with van der Waals surface area (Å²) in [4.78, 5) is 12.1. The standard InChI is InChI=1S/C22H22Cl2N2O2/c1-13(2)21-20(22(27)28)18(11-14(3)15-7-5-4-6-8-15)25-26(21)19-12-16(23)9-10-17(19)24/h4-10,12-14H,11H2,1-3H3,(H,27,28). The number of benzene rings is 2. The van der Waals surface area contributed by atoms with Crippen molar-refractivity contribution < 1.29 is 9.90 Å². The number of hydrogen-bond donors (Lipinski definition) is 1. The summed E-state index contributed by atoms with van der Waals surface area (Å²) in [5.41, 5.74) is 3.13. The molecule has 3 aromatic rings. The van der Waals surface area contributed by atoms with Gasteiger partial charge < -0.3 is 5.11 Å². The van der Waals surface area contributed by atoms with E-state index in [2.05, 4.69) is 12.0 Å². The Kier molecular flexibility index (Phi) is 6.11. The molecule has 3 rings (SSSR count). The van der Waals surface area contributed by atoms with E-state index in [1.165, 1.54) is 0 Å². The van der Waals surface area contributed by atoms with E-state index in [1.807, 2.05) is 44.2 Å². The number of hydrogen-bond acceptors (Lipinski definition) is 2. The van der Waals surface area contributed by atoms with Crippen LogP contribution in [0.25, 0.3) is 5.69 Å². The van der Waals surface area contributed by atoms with Gasteiger partial charge in [-0.1, -0.05) is 74.3 Å². The van der Waals surface area contributed by atoms with E-state index in [1.54, 1.807) is 22.9 Å². The molecule has 1 unspecified atom stereocenters. The van der Waals surface area contributed by atoms with Gasteiger partial charge in [-0.15, -0.1) is 0 Å². The number of rotatable bonds is 6. The Balaban J connectivity index is 2.15. The van der Waals surface area contributed by atoms with Crippen molar-refractivity contribution in [1.29, 1.82) is 0 Å². The highest BCUT2D eigenvalue weighted by Crippen LogP contribution is 2.32. The quantitative estimate of drug-likeness (QED) is 0.509. The number of nitrogens with zero attached hydrogens (tertiary/aromatic N) is 2. The molecule has 28 heavy (non-hydrogen) atoms. The first-order valence-electron chi connectivity index (χ1n) is 9.15. The second-order valence-electron chi connectivity index (χ2n) is 7.19. The summed E-state index contributed by atoms with van der Waals surface area (Å²) in [5, 5.41) is 15.6. The van der Waals surface area contributed by atoms with Gasteiger partial charge in [0, 0.05) is 5.02 Å². The van der Waals surface area contributed by atoms with Crippen LogP contribution in [0.15, 0.2) is 48.5 Å². The van der Waals surface area contributed by atoms with Gasteiger partial charge >= 0.3 is 5.97 Å². The van der Waals surface area contributed by atoms with Gasteiger partial charge in [0.1, 0.15) is 5.56 Å². The monoisotopic (exact) mass is 416 g/mol. The minimum atomic E-state index is -0.983. The Morgan fingerprint density at radius 2 is 1.79 bits per heavy atom. The highest BCUT2D eigenvalue weighted by molar-refractivity contribution is 6.34. The molecule has 1 N–H and O–H groups in total. The molecule has 0 saturated heterocycles. The third kappa shape index (κ3) is 4.08. The molecule has 0 radical (unpaired) electrons. The summed E-state index contributed by atoms with van der Waals surface area (Å²) in [6, 6.07) is 15.1. The Morgan fingerprint density at radius 1 is 1.11 bits per heavy atom. The Hall–Kier alpha value is -2.30. The van der Waals surface area contributed by atoms with E-state index in [4.69, 9.17) is 23.2 Å². The van der Waals surface area contributed by atoms with Gasteiger partial charge in [-0.05, 0) is 42.0 Å². The highest BCUT2D eigenvalue weighted by atomic mass is 35.5. The zero-order chi connectivity index (χ0) is 20.4. The maximum atomic E-state index is 12.1. The number of aromatic carboxylic acids is 1. The fourth-order valence-electron chi connectivity index (χ4n) is 3.41. The molecule has 1 atom stereocenters. The van der Waals surface area contributed by atoms with Gasteiger partial charge in [0.2, 0.25) is 0 Å². The number of carboxylic acids is 1. The van der Waals surface area contributed by atoms with Gasteiger partial charge in [0.25, 0.3) is 0 Å². The molecule has 0 saturated carbocycles. The lowest BCUT2D eigenvalue weighted by atomic mass is 9.93. The molecule has 4 nitrogen and oxygen atoms in total. The summed E-state index contributed by atoms with van der Waals surface area (Å²) < 4.78 is 1.63. The van der Waals surface area contributed by atoms with E-state index in [-0.39, 0.29) is 17.4 Å². The lowest BCUT2D eigenvalue weighted by Gasteiger charge is -2.13. The summed E-state index contributed by atoms with van der Waals surface area (Å²) >= 11 is 12.5. The minimum Gasteiger partial charge on any atom is -0.478 e. The predicted molar refractivity (Wildman–Crippen MR) is 113 cm³/mol. The molecule has 1 heterocycles. The maximum absolute atomic E-state index is 12.1. The second kappa shape index (κ2) is 8.38. The topological polar surface area (TPSA) is 55.1 Å². The van der Waals surface area contributed by atoms with Gasteiger partial charge in [-0.25, -0.2) is 9.48 Å². The van der Waals surface area contributed by atoms with E-state index in [0.717, 1.165) is 5.56 Å². The van der Waals surface area contributed by atoms with Gasteiger partial charge in [0.05, 0.1) is 22.1 Å². The average Bonchev–Trinajstić information content (AvgIpc) is 3.03. The smallest absolute Gasteiger partial charge is 0.339 e. The van der Waals surface area contributed by atoms with Crippen LogP contribution in [-0.4, -0.2) is 20.9 Å². The first-order valence-corrected chi connectivity index (χ1v) is 9.90. The third-order valence-electron chi connectivity index (χ3n) is 4.76. The summed E-state index contributed by atoms with van der Waals surface area (Å²) in [5.74, 6) is -0.921. The molecule has 0 aliphatic heterocycles. The normalized spacial score (nSPS) is 12.4. The van der Waals surface area contributed by atoms with Crippen LogP contribution in [0.2, 0.25) is 10.0 Å². The van der Waals surface area contributed by atoms with E-state index in [0.29, 0.717) is 33.5 Å². The lowest BCUT2D eigenvalue weighted by molar-refractivity contribution is 0.0694. The van der Waals surface area contributed by atoms with Crippen LogP contribution in [0.1, 0.15) is 59.9 Å². The Labute approximate surface area is 174 Å². The predicted octanol–water partition coefficient (Wildman–Crippen LogP) is 6.35. The zero-order valence-electron chi connectivity index (χ0n) is 16.0. The first kappa shape index (κ1) is 20.4. The first-order chi connectivity index (χ1) is 13.3. The SMILES string of the molecule is CC(C)c1c(C(=O)O)c(CC(C)c2ccccc2)nn1-c1cc(Cl)ccc1Cl. The second-order valence-corrected chi connectivity index (χ2v) is 8.03. The van der Waals surface area contributed by atoms with E-state index < -0.39 is 5.97 Å². The summed E-state index contributed by atoms with van der Waals surface area (Å²) in [6.07, 6.45) is 0.510. The number of halogens is 2. The Morgan fingerprint density at radius 3 is 2.39 bits per heavy atom. The van der Waals surface area contributed by atoms with Crippen LogP contribution in [0.5, 0.6) is 0 Å². The Bertz CT molecular complexity index is 997. The molecule has 0 spiro atoms. The van der Waals surface area contributed by atoms with Crippen LogP contribution >= 0.6 is 23.2 Å². The number of aromatic nitrogens is 2. The molecule has 0 aliphatic rings.